The second-order valence-corrected chi connectivity index (χ2v) is 8.25. The number of carbonyl (C=O) groups excluding carboxylic acids is 1. The maximum Gasteiger partial charge on any atom is 0.416 e. The van der Waals surface area contributed by atoms with E-state index in [1.807, 2.05) is 0 Å². The summed E-state index contributed by atoms with van der Waals surface area (Å²) in [6, 6.07) is 9.45. The van der Waals surface area contributed by atoms with Crippen molar-refractivity contribution >= 4 is 12.0 Å². The third-order valence-electron chi connectivity index (χ3n) is 5.32. The number of alkyl halides is 6. The molecule has 0 spiro atoms. The van der Waals surface area contributed by atoms with Crippen LogP contribution in [0.2, 0.25) is 0 Å². The van der Waals surface area contributed by atoms with E-state index in [0.717, 1.165) is 0 Å². The highest BCUT2D eigenvalue weighted by Gasteiger charge is 2.36. The maximum absolute atomic E-state index is 13.4. The molecule has 5 nitrogen and oxygen atoms in total. The Morgan fingerprint density at radius 1 is 1.00 bits per heavy atom. The molecule has 0 saturated carbocycles. The molecule has 3 rings (SSSR count). The number of nitrogens with zero attached hydrogens (tertiary/aromatic N) is 1. The molecule has 0 aliphatic heterocycles. The highest BCUT2D eigenvalue weighted by Crippen LogP contribution is 2.36. The molecule has 12 heteroatoms. The van der Waals surface area contributed by atoms with Crippen LogP contribution in [-0.2, 0) is 28.5 Å². The van der Waals surface area contributed by atoms with Crippen molar-refractivity contribution < 1.29 is 45.0 Å². The number of aromatic nitrogens is 1. The number of benzene rings is 2. The molecule has 1 atom stereocenters. The minimum absolute atomic E-state index is 0.0277. The Labute approximate surface area is 212 Å². The first kappa shape index (κ1) is 28.6. The molecule has 1 amide bonds. The molecule has 38 heavy (non-hydrogen) atoms. The first-order chi connectivity index (χ1) is 17.8. The number of carbonyl (C=O) groups is 1. The topological polar surface area (TPSA) is 65.3 Å². The van der Waals surface area contributed by atoms with Crippen LogP contribution >= 0.6 is 0 Å². The van der Waals surface area contributed by atoms with E-state index in [2.05, 4.69) is 5.32 Å². The molecule has 1 heterocycles. The highest BCUT2D eigenvalue weighted by molar-refractivity contribution is 5.91. The predicted octanol–water partition coefficient (Wildman–Crippen LogP) is 5.63. The second kappa shape index (κ2) is 12.1. The lowest BCUT2D eigenvalue weighted by atomic mass is 9.99. The molecule has 0 saturated heterocycles. The van der Waals surface area contributed by atoms with Crippen molar-refractivity contribution in [3.05, 3.63) is 112 Å². The molecule has 3 aromatic rings. The molecular weight excluding hydrogens is 521 g/mol. The Kier molecular flexibility index (Phi) is 9.10. The van der Waals surface area contributed by atoms with E-state index in [1.54, 1.807) is 6.07 Å². The van der Waals surface area contributed by atoms with Gasteiger partial charge in [-0.2, -0.15) is 31.1 Å². The number of nitrogens with one attached hydrogen (secondary N) is 1. The number of ether oxygens (including phenoxy) is 1. The molecule has 0 fully saturated rings. The van der Waals surface area contributed by atoms with Gasteiger partial charge in [0.05, 0.1) is 24.3 Å². The Bertz CT molecular complexity index is 1240. The average Bonchev–Trinajstić information content (AvgIpc) is 2.84. The first-order valence-electron chi connectivity index (χ1n) is 11.1. The van der Waals surface area contributed by atoms with Crippen LogP contribution in [0.25, 0.3) is 6.08 Å². The van der Waals surface area contributed by atoms with Gasteiger partial charge in [0.15, 0.2) is 12.4 Å². The minimum atomic E-state index is -4.99. The first-order valence-corrected chi connectivity index (χ1v) is 11.1. The van der Waals surface area contributed by atoms with Crippen molar-refractivity contribution in [3.63, 3.8) is 0 Å². The van der Waals surface area contributed by atoms with Crippen molar-refractivity contribution in [1.29, 1.82) is 0 Å². The Balaban J connectivity index is 1.70. The number of hydrogen-bond acceptors (Lipinski definition) is 3. The zero-order chi connectivity index (χ0) is 27.9. The van der Waals surface area contributed by atoms with Gasteiger partial charge in [0.2, 0.25) is 5.91 Å². The third-order valence-corrected chi connectivity index (χ3v) is 5.32. The van der Waals surface area contributed by atoms with Crippen molar-refractivity contribution in [2.24, 2.45) is 0 Å². The molecule has 0 radical (unpaired) electrons. The Morgan fingerprint density at radius 3 is 2.21 bits per heavy atom. The minimum Gasteiger partial charge on any atom is -0.619 e. The van der Waals surface area contributed by atoms with Gasteiger partial charge >= 0.3 is 12.4 Å². The fourth-order valence-electron chi connectivity index (χ4n) is 3.45. The summed E-state index contributed by atoms with van der Waals surface area (Å²) >= 11 is 0. The largest absolute Gasteiger partial charge is 0.619 e. The van der Waals surface area contributed by atoms with Crippen molar-refractivity contribution in [1.82, 2.24) is 5.32 Å². The molecular formula is C26H21F7N2O3. The summed E-state index contributed by atoms with van der Waals surface area (Å²) in [6.07, 6.45) is -4.88. The lowest BCUT2D eigenvalue weighted by Crippen LogP contribution is -2.29. The summed E-state index contributed by atoms with van der Waals surface area (Å²) in [5, 5.41) is 13.9. The van der Waals surface area contributed by atoms with E-state index < -0.39 is 47.7 Å². The quantitative estimate of drug-likeness (QED) is 0.165. The van der Waals surface area contributed by atoms with Crippen molar-refractivity contribution in [2.45, 2.75) is 24.9 Å². The average molecular weight is 542 g/mol. The van der Waals surface area contributed by atoms with E-state index in [0.29, 0.717) is 28.0 Å². The molecule has 0 aliphatic rings. The smallest absolute Gasteiger partial charge is 0.416 e. The van der Waals surface area contributed by atoms with Crippen molar-refractivity contribution in [2.75, 3.05) is 13.2 Å². The number of pyridine rings is 1. The number of amides is 1. The van der Waals surface area contributed by atoms with Crippen molar-refractivity contribution in [3.8, 4) is 0 Å². The van der Waals surface area contributed by atoms with Crippen LogP contribution in [0.1, 0.15) is 33.7 Å². The fourth-order valence-corrected chi connectivity index (χ4v) is 3.45. The number of hydrogen-bond donors (Lipinski definition) is 1. The van der Waals surface area contributed by atoms with Crippen LogP contribution in [0.15, 0.2) is 73.1 Å². The predicted molar refractivity (Wildman–Crippen MR) is 123 cm³/mol. The van der Waals surface area contributed by atoms with Gasteiger partial charge in [0, 0.05) is 30.2 Å². The summed E-state index contributed by atoms with van der Waals surface area (Å²) < 4.78 is 98.0. The van der Waals surface area contributed by atoms with Crippen LogP contribution in [-0.4, -0.2) is 19.1 Å². The van der Waals surface area contributed by atoms with Crippen LogP contribution in [0, 0.1) is 11.0 Å². The molecule has 202 valence electrons. The number of halogens is 7. The van der Waals surface area contributed by atoms with Gasteiger partial charge in [0.1, 0.15) is 5.82 Å². The summed E-state index contributed by atoms with van der Waals surface area (Å²) in [5.74, 6) is -1.67. The van der Waals surface area contributed by atoms with Gasteiger partial charge in [-0.25, -0.2) is 4.39 Å². The van der Waals surface area contributed by atoms with Crippen LogP contribution in [0.5, 0.6) is 0 Å². The molecule has 1 N–H and O–H groups in total. The summed E-state index contributed by atoms with van der Waals surface area (Å²) in [7, 11) is 0. The van der Waals surface area contributed by atoms with Gasteiger partial charge in [-0.3, -0.25) is 4.79 Å². The van der Waals surface area contributed by atoms with Crippen LogP contribution in [0.3, 0.4) is 0 Å². The van der Waals surface area contributed by atoms with E-state index >= 15 is 0 Å². The molecule has 1 unspecified atom stereocenters. The number of rotatable bonds is 9. The molecule has 0 bridgehead atoms. The summed E-state index contributed by atoms with van der Waals surface area (Å²) in [5.41, 5.74) is -2.26. The van der Waals surface area contributed by atoms with Gasteiger partial charge in [-0.05, 0) is 53.6 Å². The van der Waals surface area contributed by atoms with Gasteiger partial charge in [0.25, 0.3) is 0 Å². The standard InChI is InChI=1S/C26H21F7N2O3/c27-23-6-4-19(5-7-23)20(13-34-24(36)8-3-17-2-1-9-35(37)14-17)16-38-15-18-10-21(25(28,29)30)12-22(11-18)26(31,32)33/h1-12,14,20H,13,15-16H2,(H,34,36). The third kappa shape index (κ3) is 8.58. The van der Waals surface area contributed by atoms with Gasteiger partial charge in [-0.1, -0.05) is 12.1 Å². The zero-order valence-corrected chi connectivity index (χ0v) is 19.5. The lowest BCUT2D eigenvalue weighted by Gasteiger charge is -2.19. The molecule has 0 aliphatic carbocycles. The maximum atomic E-state index is 13.4. The van der Waals surface area contributed by atoms with E-state index in [-0.39, 0.29) is 24.8 Å². The molecule has 2 aromatic carbocycles. The van der Waals surface area contributed by atoms with Gasteiger partial charge in [-0.15, -0.1) is 0 Å². The highest BCUT2D eigenvalue weighted by atomic mass is 19.4. The zero-order valence-electron chi connectivity index (χ0n) is 19.5. The van der Waals surface area contributed by atoms with Gasteiger partial charge < -0.3 is 15.3 Å². The van der Waals surface area contributed by atoms with E-state index in [9.17, 15) is 40.7 Å². The van der Waals surface area contributed by atoms with Crippen LogP contribution < -0.4 is 10.0 Å². The van der Waals surface area contributed by atoms with E-state index in [4.69, 9.17) is 4.74 Å². The fraction of sp³-hybridized carbons (Fsp3) is 0.231. The molecule has 1 aromatic heterocycles. The van der Waals surface area contributed by atoms with Crippen LogP contribution in [0.4, 0.5) is 30.7 Å². The Hall–Kier alpha value is -3.93. The normalized spacial score (nSPS) is 13.0. The monoisotopic (exact) mass is 542 g/mol. The lowest BCUT2D eigenvalue weighted by molar-refractivity contribution is -0.605. The van der Waals surface area contributed by atoms with E-state index in [1.165, 1.54) is 54.9 Å². The second-order valence-electron chi connectivity index (χ2n) is 8.25. The Morgan fingerprint density at radius 2 is 1.63 bits per heavy atom. The summed E-state index contributed by atoms with van der Waals surface area (Å²) in [6.45, 7) is -0.814. The SMILES string of the molecule is O=C(C=Cc1ccc[n+]([O-])c1)NCC(COCc1cc(C(F)(F)F)cc(C(F)(F)F)c1)c1ccc(F)cc1. The summed E-state index contributed by atoms with van der Waals surface area (Å²) in [4.78, 5) is 12.3.